The second-order valence-electron chi connectivity index (χ2n) is 13.8. The van der Waals surface area contributed by atoms with Gasteiger partial charge in [-0.15, -0.1) is 0 Å². The third-order valence-corrected chi connectivity index (χ3v) is 10.5. The van der Waals surface area contributed by atoms with E-state index in [0.29, 0.717) is 11.3 Å². The van der Waals surface area contributed by atoms with Crippen molar-refractivity contribution in [2.75, 3.05) is 4.90 Å². The Kier molecular flexibility index (Phi) is 7.19. The molecule has 0 aliphatic rings. The molecule has 0 fully saturated rings. The Balaban J connectivity index is 1.11. The summed E-state index contributed by atoms with van der Waals surface area (Å²) in [6.45, 7) is 0. The highest BCUT2D eigenvalue weighted by molar-refractivity contribution is 6.08. The van der Waals surface area contributed by atoms with E-state index in [1.807, 2.05) is 102 Å². The molecule has 10 aromatic rings. The number of rotatable bonds is 7. The van der Waals surface area contributed by atoms with Crippen LogP contribution in [0.5, 0.6) is 0 Å². The van der Waals surface area contributed by atoms with E-state index >= 15 is 0 Å². The normalized spacial score (nSPS) is 12.3. The Bertz CT molecular complexity index is 3180. The molecule has 0 N–H and O–H groups in total. The van der Waals surface area contributed by atoms with E-state index < -0.39 is 0 Å². The van der Waals surface area contributed by atoms with E-state index in [9.17, 15) is 5.48 Å². The molecule has 0 aromatic heterocycles. The molecule has 0 bridgehead atoms. The van der Waals surface area contributed by atoms with Gasteiger partial charge in [0.1, 0.15) is 0 Å². The number of fused-ring (bicyclic) bond motifs is 4. The molecule has 258 valence electrons. The Hall–Kier alpha value is -7.22. The molecule has 0 saturated heterocycles. The maximum atomic E-state index is 9.60. The lowest BCUT2D eigenvalue weighted by molar-refractivity contribution is 1.28. The summed E-state index contributed by atoms with van der Waals surface area (Å²) >= 11 is 0. The molecule has 0 heterocycles. The summed E-state index contributed by atoms with van der Waals surface area (Å²) in [5.41, 5.74) is 8.84. The van der Waals surface area contributed by atoms with Crippen LogP contribution in [0.3, 0.4) is 0 Å². The SMILES string of the molecule is [2H]c1c([2H])c(N(c2ccc(-c3cccc(-c4cccc5ccccc45)c3)cc2)c2ccccc2-c2ccccc2)c([2H])c([2H])c1-c1ccc2c(ccc3ccccc32)c1. The number of benzene rings is 10. The van der Waals surface area contributed by atoms with Crippen LogP contribution in [0, 0.1) is 0 Å². The van der Waals surface area contributed by atoms with E-state index in [1.54, 1.807) is 0 Å². The van der Waals surface area contributed by atoms with Crippen molar-refractivity contribution in [1.82, 2.24) is 0 Å². The van der Waals surface area contributed by atoms with Crippen molar-refractivity contribution in [2.24, 2.45) is 0 Å². The van der Waals surface area contributed by atoms with Gasteiger partial charge in [-0.2, -0.15) is 0 Å². The van der Waals surface area contributed by atoms with Gasteiger partial charge in [-0.25, -0.2) is 0 Å². The first-order valence-corrected chi connectivity index (χ1v) is 18.6. The molecule has 1 heteroatoms. The predicted octanol–water partition coefficient (Wildman–Crippen LogP) is 15.3. The zero-order valence-corrected chi connectivity index (χ0v) is 30.0. The summed E-state index contributed by atoms with van der Waals surface area (Å²) in [5, 5.41) is 6.72. The predicted molar refractivity (Wildman–Crippen MR) is 235 cm³/mol. The highest BCUT2D eigenvalue weighted by Crippen LogP contribution is 2.42. The van der Waals surface area contributed by atoms with Gasteiger partial charge in [-0.3, -0.25) is 0 Å². The van der Waals surface area contributed by atoms with Crippen molar-refractivity contribution >= 4 is 49.4 Å². The third-order valence-electron chi connectivity index (χ3n) is 10.5. The van der Waals surface area contributed by atoms with Gasteiger partial charge in [-0.1, -0.05) is 182 Å². The van der Waals surface area contributed by atoms with Gasteiger partial charge in [0.2, 0.25) is 0 Å². The first-order valence-electron chi connectivity index (χ1n) is 20.6. The lowest BCUT2D eigenvalue weighted by Crippen LogP contribution is -2.11. The molecule has 0 radical (unpaired) electrons. The summed E-state index contributed by atoms with van der Waals surface area (Å²) in [6.07, 6.45) is 0. The maximum Gasteiger partial charge on any atom is 0.0645 e. The summed E-state index contributed by atoms with van der Waals surface area (Å²) in [4.78, 5) is 1.88. The quantitative estimate of drug-likeness (QED) is 0.149. The monoisotopic (exact) mass is 703 g/mol. The number of hydrogen-bond donors (Lipinski definition) is 0. The standard InChI is InChI=1S/C54H37N/c1-2-12-41(13-3-1)53-21-8-9-23-54(53)55(48-33-28-39(29-34-48)44-30-35-52-46(37-44)25-24-42-15-5-7-20-50(42)52)47-31-26-38(27-32-47)43-17-10-18-45(36-43)51-22-11-16-40-14-4-6-19-49(40)51/h1-37H/i28D,29D,33D,34D. The summed E-state index contributed by atoms with van der Waals surface area (Å²) in [6, 6.07) is 67.4. The Morgan fingerprint density at radius 1 is 0.291 bits per heavy atom. The van der Waals surface area contributed by atoms with Crippen molar-refractivity contribution < 1.29 is 5.48 Å². The minimum absolute atomic E-state index is 0.0924. The van der Waals surface area contributed by atoms with Crippen molar-refractivity contribution in [3.63, 3.8) is 0 Å². The largest absolute Gasteiger partial charge is 0.310 e. The fourth-order valence-corrected chi connectivity index (χ4v) is 7.80. The van der Waals surface area contributed by atoms with Gasteiger partial charge >= 0.3 is 0 Å². The van der Waals surface area contributed by atoms with Gasteiger partial charge in [0, 0.05) is 16.9 Å². The molecule has 10 aromatic carbocycles. The van der Waals surface area contributed by atoms with E-state index in [4.69, 9.17) is 0 Å². The van der Waals surface area contributed by atoms with Crippen LogP contribution in [0.1, 0.15) is 5.48 Å². The van der Waals surface area contributed by atoms with Gasteiger partial charge < -0.3 is 4.90 Å². The molecule has 0 aliphatic heterocycles. The van der Waals surface area contributed by atoms with Crippen LogP contribution in [0.25, 0.3) is 76.8 Å². The number of hydrogen-bond acceptors (Lipinski definition) is 1. The fraction of sp³-hybridized carbons (Fsp3) is 0. The highest BCUT2D eigenvalue weighted by atomic mass is 15.1. The number of nitrogens with zero attached hydrogens (tertiary/aromatic N) is 1. The molecule has 0 atom stereocenters. The maximum absolute atomic E-state index is 9.60. The minimum atomic E-state index is -0.116. The summed E-state index contributed by atoms with van der Waals surface area (Å²) in [7, 11) is 0. The van der Waals surface area contributed by atoms with Crippen LogP contribution in [0.15, 0.2) is 224 Å². The van der Waals surface area contributed by atoms with Crippen molar-refractivity contribution in [3.8, 4) is 44.5 Å². The lowest BCUT2D eigenvalue weighted by atomic mass is 9.95. The summed E-state index contributed by atoms with van der Waals surface area (Å²) in [5.74, 6) is 0. The van der Waals surface area contributed by atoms with Gasteiger partial charge in [0.25, 0.3) is 0 Å². The van der Waals surface area contributed by atoms with E-state index in [1.165, 1.54) is 16.3 Å². The molecule has 55 heavy (non-hydrogen) atoms. The van der Waals surface area contributed by atoms with E-state index in [2.05, 4.69) is 103 Å². The number of para-hydroxylation sites is 1. The van der Waals surface area contributed by atoms with Gasteiger partial charge in [-0.05, 0) is 114 Å². The highest BCUT2D eigenvalue weighted by Gasteiger charge is 2.18. The molecule has 0 aliphatic carbocycles. The topological polar surface area (TPSA) is 3.24 Å². The third kappa shape index (κ3) is 6.12. The average molecular weight is 704 g/mol. The summed E-state index contributed by atoms with van der Waals surface area (Å²) < 4.78 is 38.1. The van der Waals surface area contributed by atoms with Crippen LogP contribution >= 0.6 is 0 Å². The van der Waals surface area contributed by atoms with Crippen molar-refractivity contribution in [3.05, 3.63) is 224 Å². The second kappa shape index (κ2) is 14.0. The van der Waals surface area contributed by atoms with Crippen LogP contribution in [-0.2, 0) is 0 Å². The first-order chi connectivity index (χ1) is 28.9. The van der Waals surface area contributed by atoms with Gasteiger partial charge in [0.05, 0.1) is 11.2 Å². The Labute approximate surface area is 327 Å². The van der Waals surface area contributed by atoms with Crippen LogP contribution in [0.2, 0.25) is 0 Å². The smallest absolute Gasteiger partial charge is 0.0645 e. The van der Waals surface area contributed by atoms with Crippen molar-refractivity contribution in [1.29, 1.82) is 0 Å². The van der Waals surface area contributed by atoms with Crippen molar-refractivity contribution in [2.45, 2.75) is 0 Å². The average Bonchev–Trinajstić information content (AvgIpc) is 3.30. The molecular formula is C54H37N. The zero-order valence-electron chi connectivity index (χ0n) is 34.0. The molecule has 1 nitrogen and oxygen atoms in total. The van der Waals surface area contributed by atoms with E-state index in [0.717, 1.165) is 55.0 Å². The molecule has 0 amide bonds. The van der Waals surface area contributed by atoms with Gasteiger partial charge in [0.15, 0.2) is 0 Å². The molecular weight excluding hydrogens is 663 g/mol. The second-order valence-corrected chi connectivity index (χ2v) is 13.8. The first kappa shape index (κ1) is 28.3. The van der Waals surface area contributed by atoms with Crippen LogP contribution in [-0.4, -0.2) is 0 Å². The minimum Gasteiger partial charge on any atom is -0.310 e. The molecule has 0 saturated carbocycles. The fourth-order valence-electron chi connectivity index (χ4n) is 7.80. The van der Waals surface area contributed by atoms with E-state index in [-0.39, 0.29) is 35.4 Å². The van der Waals surface area contributed by atoms with Crippen LogP contribution < -0.4 is 4.90 Å². The zero-order chi connectivity index (χ0) is 40.0. The lowest BCUT2D eigenvalue weighted by Gasteiger charge is -2.28. The Morgan fingerprint density at radius 2 is 0.855 bits per heavy atom. The molecule has 0 unspecified atom stereocenters. The number of anilines is 3. The van der Waals surface area contributed by atoms with Crippen LogP contribution in [0.4, 0.5) is 17.1 Å². The molecule has 0 spiro atoms. The molecule has 10 rings (SSSR count). The Morgan fingerprint density at radius 3 is 1.69 bits per heavy atom.